The summed E-state index contributed by atoms with van der Waals surface area (Å²) in [7, 11) is -2.75. The molecule has 1 N–H and O–H groups in total. The third-order valence-corrected chi connectivity index (χ3v) is 9.00. The maximum Gasteiger partial charge on any atom is 0.264 e. The zero-order valence-corrected chi connectivity index (χ0v) is 27.0. The molecule has 0 fully saturated rings. The molecule has 0 heterocycles. The minimum Gasteiger partial charge on any atom is -0.497 e. The van der Waals surface area contributed by atoms with Gasteiger partial charge in [-0.15, -0.1) is 0 Å². The average molecular weight is 635 g/mol. The number of hydrogen-bond acceptors (Lipinski definition) is 5. The molecule has 0 unspecified atom stereocenters. The van der Waals surface area contributed by atoms with Gasteiger partial charge in [0.25, 0.3) is 10.0 Å². The predicted molar refractivity (Wildman–Crippen MR) is 168 cm³/mol. The highest BCUT2D eigenvalue weighted by Crippen LogP contribution is 2.30. The van der Waals surface area contributed by atoms with Crippen molar-refractivity contribution in [2.24, 2.45) is 0 Å². The van der Waals surface area contributed by atoms with Gasteiger partial charge >= 0.3 is 0 Å². The van der Waals surface area contributed by atoms with E-state index in [4.69, 9.17) is 27.9 Å². The lowest BCUT2D eigenvalue weighted by Gasteiger charge is -2.35. The van der Waals surface area contributed by atoms with Gasteiger partial charge in [0, 0.05) is 33.8 Å². The lowest BCUT2D eigenvalue weighted by Crippen LogP contribution is -2.55. The highest BCUT2D eigenvalue weighted by molar-refractivity contribution is 7.92. The Kier molecular flexibility index (Phi) is 10.9. The van der Waals surface area contributed by atoms with Crippen molar-refractivity contribution in [3.63, 3.8) is 0 Å². The molecule has 42 heavy (non-hydrogen) atoms. The minimum atomic E-state index is -4.22. The lowest BCUT2D eigenvalue weighted by atomic mass is 10.1. The predicted octanol–water partition coefficient (Wildman–Crippen LogP) is 6.23. The van der Waals surface area contributed by atoms with Gasteiger partial charge in [0.05, 0.1) is 17.7 Å². The number of aryl methyl sites for hydroxylation is 1. The molecule has 1 atom stereocenters. The SMILES string of the molecule is CC[C@@H](C(=O)NC(C)(C)C)N(Cc1c(Cl)cccc1Cl)C(=O)CN(c1cccc(OC)c1)S(=O)(=O)c1ccc(C)cc1. The Labute approximate surface area is 258 Å². The van der Waals surface area contributed by atoms with E-state index in [-0.39, 0.29) is 29.5 Å². The molecule has 0 aliphatic heterocycles. The molecule has 3 aromatic rings. The van der Waals surface area contributed by atoms with Crippen LogP contribution in [-0.2, 0) is 26.2 Å². The number of nitrogens with one attached hydrogen (secondary N) is 1. The van der Waals surface area contributed by atoms with Crippen LogP contribution < -0.4 is 14.4 Å². The van der Waals surface area contributed by atoms with Gasteiger partial charge < -0.3 is 15.0 Å². The fraction of sp³-hybridized carbons (Fsp3) is 0.355. The second-order valence-corrected chi connectivity index (χ2v) is 13.6. The van der Waals surface area contributed by atoms with Gasteiger partial charge in [0.2, 0.25) is 11.8 Å². The number of hydrogen-bond donors (Lipinski definition) is 1. The van der Waals surface area contributed by atoms with Crippen molar-refractivity contribution < 1.29 is 22.7 Å². The molecule has 0 saturated heterocycles. The van der Waals surface area contributed by atoms with Gasteiger partial charge in [0.1, 0.15) is 18.3 Å². The molecule has 8 nitrogen and oxygen atoms in total. The summed E-state index contributed by atoms with van der Waals surface area (Å²) in [6, 6.07) is 16.9. The van der Waals surface area contributed by atoms with E-state index in [1.165, 1.54) is 30.2 Å². The number of halogens is 2. The van der Waals surface area contributed by atoms with Crippen molar-refractivity contribution >= 4 is 50.7 Å². The van der Waals surface area contributed by atoms with Crippen LogP contribution in [0, 0.1) is 6.92 Å². The zero-order chi connectivity index (χ0) is 31.2. The van der Waals surface area contributed by atoms with Crippen LogP contribution in [0.1, 0.15) is 45.2 Å². The van der Waals surface area contributed by atoms with Crippen LogP contribution in [-0.4, -0.2) is 50.4 Å². The van der Waals surface area contributed by atoms with Crippen molar-refractivity contribution in [1.82, 2.24) is 10.2 Å². The Bertz CT molecular complexity index is 1500. The highest BCUT2D eigenvalue weighted by atomic mass is 35.5. The third-order valence-electron chi connectivity index (χ3n) is 6.50. The van der Waals surface area contributed by atoms with E-state index in [1.807, 2.05) is 27.7 Å². The summed E-state index contributed by atoms with van der Waals surface area (Å²) in [5.74, 6) is -0.573. The van der Waals surface area contributed by atoms with E-state index < -0.39 is 34.1 Å². The quantitative estimate of drug-likeness (QED) is 0.270. The van der Waals surface area contributed by atoms with Gasteiger partial charge in [-0.2, -0.15) is 0 Å². The first-order valence-electron chi connectivity index (χ1n) is 13.5. The van der Waals surface area contributed by atoms with Crippen LogP contribution in [0.5, 0.6) is 5.75 Å². The second kappa shape index (κ2) is 13.8. The van der Waals surface area contributed by atoms with Crippen LogP contribution in [0.4, 0.5) is 5.69 Å². The number of carbonyl (C=O) groups excluding carboxylic acids is 2. The molecule has 0 saturated carbocycles. The van der Waals surface area contributed by atoms with Crippen LogP contribution in [0.2, 0.25) is 10.0 Å². The topological polar surface area (TPSA) is 96.0 Å². The first kappa shape index (κ1) is 33.2. The molecule has 0 spiro atoms. The fourth-order valence-electron chi connectivity index (χ4n) is 4.36. The maximum atomic E-state index is 14.2. The Morgan fingerprint density at radius 2 is 1.57 bits per heavy atom. The maximum absolute atomic E-state index is 14.2. The largest absolute Gasteiger partial charge is 0.497 e. The monoisotopic (exact) mass is 633 g/mol. The second-order valence-electron chi connectivity index (χ2n) is 10.9. The van der Waals surface area contributed by atoms with Crippen LogP contribution >= 0.6 is 23.2 Å². The summed E-state index contributed by atoms with van der Waals surface area (Å²) in [5.41, 5.74) is 0.996. The van der Waals surface area contributed by atoms with Crippen molar-refractivity contribution in [2.45, 2.75) is 64.1 Å². The molecule has 3 aromatic carbocycles. The van der Waals surface area contributed by atoms with E-state index in [0.29, 0.717) is 21.4 Å². The lowest BCUT2D eigenvalue weighted by molar-refractivity contribution is -0.141. The Morgan fingerprint density at radius 3 is 2.12 bits per heavy atom. The van der Waals surface area contributed by atoms with E-state index in [1.54, 1.807) is 55.5 Å². The van der Waals surface area contributed by atoms with E-state index in [9.17, 15) is 18.0 Å². The molecule has 11 heteroatoms. The summed E-state index contributed by atoms with van der Waals surface area (Å²) in [4.78, 5) is 29.1. The number of anilines is 1. The number of nitrogens with zero attached hydrogens (tertiary/aromatic N) is 2. The third kappa shape index (κ3) is 8.18. The number of benzene rings is 3. The molecule has 3 rings (SSSR count). The Hall–Kier alpha value is -3.27. The van der Waals surface area contributed by atoms with Crippen molar-refractivity contribution in [1.29, 1.82) is 0 Å². The Morgan fingerprint density at radius 1 is 0.976 bits per heavy atom. The molecule has 0 aliphatic rings. The molecular formula is C31H37Cl2N3O5S. The van der Waals surface area contributed by atoms with E-state index in [0.717, 1.165) is 9.87 Å². The zero-order valence-electron chi connectivity index (χ0n) is 24.6. The number of amides is 2. The van der Waals surface area contributed by atoms with Crippen molar-refractivity contribution in [2.75, 3.05) is 18.0 Å². The summed E-state index contributed by atoms with van der Waals surface area (Å²) in [6.07, 6.45) is 0.263. The number of rotatable bonds is 11. The van der Waals surface area contributed by atoms with Crippen molar-refractivity contribution in [3.05, 3.63) is 87.9 Å². The number of sulfonamides is 1. The molecule has 0 bridgehead atoms. The summed E-state index contributed by atoms with van der Waals surface area (Å²) in [5, 5.41) is 3.58. The minimum absolute atomic E-state index is 0.0157. The van der Waals surface area contributed by atoms with E-state index in [2.05, 4.69) is 5.32 Å². The number of methoxy groups -OCH3 is 1. The normalized spacial score (nSPS) is 12.4. The van der Waals surface area contributed by atoms with Gasteiger partial charge in [-0.1, -0.05) is 60.0 Å². The molecular weight excluding hydrogens is 597 g/mol. The van der Waals surface area contributed by atoms with Gasteiger partial charge in [0.15, 0.2) is 0 Å². The first-order chi connectivity index (χ1) is 19.7. The number of ether oxygens (including phenoxy) is 1. The first-order valence-corrected chi connectivity index (χ1v) is 15.7. The van der Waals surface area contributed by atoms with Crippen LogP contribution in [0.15, 0.2) is 71.6 Å². The van der Waals surface area contributed by atoms with Gasteiger partial charge in [-0.05, 0) is 70.5 Å². The summed E-state index contributed by atoms with van der Waals surface area (Å²) < 4.78 is 34.4. The number of carbonyl (C=O) groups is 2. The summed E-state index contributed by atoms with van der Waals surface area (Å²) >= 11 is 12.9. The molecule has 0 aliphatic carbocycles. The van der Waals surface area contributed by atoms with Crippen molar-refractivity contribution in [3.8, 4) is 5.75 Å². The van der Waals surface area contributed by atoms with Gasteiger partial charge in [-0.3, -0.25) is 13.9 Å². The van der Waals surface area contributed by atoms with Crippen LogP contribution in [0.3, 0.4) is 0 Å². The molecule has 226 valence electrons. The van der Waals surface area contributed by atoms with Gasteiger partial charge in [-0.25, -0.2) is 8.42 Å². The smallest absolute Gasteiger partial charge is 0.264 e. The molecule has 2 amide bonds. The summed E-state index contributed by atoms with van der Waals surface area (Å²) in [6.45, 7) is 8.46. The highest BCUT2D eigenvalue weighted by Gasteiger charge is 2.35. The van der Waals surface area contributed by atoms with Crippen LogP contribution in [0.25, 0.3) is 0 Å². The van der Waals surface area contributed by atoms with E-state index >= 15 is 0 Å². The molecule has 0 aromatic heterocycles. The average Bonchev–Trinajstić information content (AvgIpc) is 2.92. The Balaban J connectivity index is 2.13. The fourth-order valence-corrected chi connectivity index (χ4v) is 6.28. The standard InChI is InChI=1S/C31H37Cl2N3O5S/c1-7-28(30(38)34-31(3,4)5)35(19-25-26(32)12-9-13-27(25)33)29(37)20-36(22-10-8-11-23(18-22)41-6)42(39,40)24-16-14-21(2)15-17-24/h8-18,28H,7,19-20H2,1-6H3,(H,34,38)/t28-/m0/s1. The molecule has 0 radical (unpaired) electrons.